The summed E-state index contributed by atoms with van der Waals surface area (Å²) in [7, 11) is 2.11. The van der Waals surface area contributed by atoms with E-state index < -0.39 is 0 Å². The molecule has 2 nitrogen and oxygen atoms in total. The minimum absolute atomic E-state index is 0.218. The number of hydrogen-bond donors (Lipinski definition) is 1. The first-order chi connectivity index (χ1) is 7.78. The van der Waals surface area contributed by atoms with Gasteiger partial charge >= 0.3 is 0 Å². The number of likely N-dealkylation sites (N-methyl/N-ethyl adjacent to an activating group) is 1. The molecular formula is C14H26N2. The van der Waals surface area contributed by atoms with Gasteiger partial charge in [-0.05, 0) is 39.2 Å². The first-order valence-electron chi connectivity index (χ1n) is 6.92. The maximum absolute atomic E-state index is 4.41. The van der Waals surface area contributed by atoms with E-state index in [-0.39, 0.29) is 5.54 Å². The van der Waals surface area contributed by atoms with Crippen LogP contribution in [-0.2, 0) is 0 Å². The predicted molar refractivity (Wildman–Crippen MR) is 69.4 cm³/mol. The lowest BCUT2D eigenvalue weighted by Crippen LogP contribution is -2.51. The van der Waals surface area contributed by atoms with Crippen LogP contribution in [0.25, 0.3) is 0 Å². The van der Waals surface area contributed by atoms with E-state index in [2.05, 4.69) is 23.8 Å². The third-order valence-corrected chi connectivity index (χ3v) is 4.48. The van der Waals surface area contributed by atoms with Gasteiger partial charge in [0.05, 0.1) is 5.54 Å². The van der Waals surface area contributed by atoms with E-state index in [1.165, 1.54) is 70.2 Å². The Labute approximate surface area is 100 Å². The van der Waals surface area contributed by atoms with Crippen molar-refractivity contribution in [2.24, 2.45) is 0 Å². The van der Waals surface area contributed by atoms with Crippen molar-refractivity contribution in [3.63, 3.8) is 0 Å². The van der Waals surface area contributed by atoms with Crippen LogP contribution >= 0.6 is 0 Å². The second-order valence-corrected chi connectivity index (χ2v) is 5.39. The van der Waals surface area contributed by atoms with Crippen molar-refractivity contribution in [1.82, 2.24) is 10.2 Å². The molecule has 2 aliphatic rings. The summed E-state index contributed by atoms with van der Waals surface area (Å²) in [6, 6.07) is 0. The monoisotopic (exact) mass is 222 g/mol. The van der Waals surface area contributed by atoms with Crippen LogP contribution in [0, 0.1) is 0 Å². The lowest BCUT2D eigenvalue weighted by Gasteiger charge is -2.45. The maximum atomic E-state index is 4.41. The molecule has 0 bridgehead atoms. The van der Waals surface area contributed by atoms with Gasteiger partial charge in [-0.1, -0.05) is 25.8 Å². The molecule has 2 fully saturated rings. The lowest BCUT2D eigenvalue weighted by molar-refractivity contribution is 0.190. The zero-order valence-electron chi connectivity index (χ0n) is 10.7. The van der Waals surface area contributed by atoms with E-state index in [9.17, 15) is 0 Å². The first-order valence-corrected chi connectivity index (χ1v) is 6.92. The van der Waals surface area contributed by atoms with Crippen molar-refractivity contribution in [3.05, 3.63) is 12.3 Å². The van der Waals surface area contributed by atoms with Crippen LogP contribution in [0.2, 0.25) is 0 Å². The highest BCUT2D eigenvalue weighted by Gasteiger charge is 2.35. The summed E-state index contributed by atoms with van der Waals surface area (Å²) in [5.74, 6) is 0. The van der Waals surface area contributed by atoms with Crippen LogP contribution in [0.1, 0.15) is 51.4 Å². The van der Waals surface area contributed by atoms with Gasteiger partial charge in [-0.25, -0.2) is 0 Å². The fourth-order valence-corrected chi connectivity index (χ4v) is 3.30. The molecule has 0 atom stereocenters. The Morgan fingerprint density at radius 1 is 1.00 bits per heavy atom. The average Bonchev–Trinajstić information content (AvgIpc) is 2.39. The van der Waals surface area contributed by atoms with E-state index in [0.717, 1.165) is 0 Å². The van der Waals surface area contributed by atoms with Crippen LogP contribution < -0.4 is 5.32 Å². The zero-order valence-corrected chi connectivity index (χ0v) is 10.7. The second-order valence-electron chi connectivity index (χ2n) is 5.39. The SMILES string of the molecule is C=C(N1CCCCC1)C1(NC)CCCCC1. The molecule has 1 aliphatic carbocycles. The normalized spacial score (nSPS) is 25.4. The van der Waals surface area contributed by atoms with Gasteiger partial charge in [-0.3, -0.25) is 0 Å². The molecule has 1 saturated heterocycles. The molecule has 2 rings (SSSR count). The fraction of sp³-hybridized carbons (Fsp3) is 0.857. The summed E-state index contributed by atoms with van der Waals surface area (Å²) in [4.78, 5) is 2.53. The largest absolute Gasteiger partial charge is 0.374 e. The Kier molecular flexibility index (Phi) is 3.91. The molecular weight excluding hydrogens is 196 g/mol. The summed E-state index contributed by atoms with van der Waals surface area (Å²) in [5, 5.41) is 3.57. The molecule has 0 amide bonds. The molecule has 0 spiro atoms. The van der Waals surface area contributed by atoms with E-state index >= 15 is 0 Å². The van der Waals surface area contributed by atoms with Crippen LogP contribution in [0.4, 0.5) is 0 Å². The Bertz CT molecular complexity index is 235. The number of rotatable bonds is 3. The van der Waals surface area contributed by atoms with Crippen LogP contribution in [0.5, 0.6) is 0 Å². The quantitative estimate of drug-likeness (QED) is 0.790. The lowest BCUT2D eigenvalue weighted by atomic mass is 9.79. The Hall–Kier alpha value is -0.500. The minimum atomic E-state index is 0.218. The maximum Gasteiger partial charge on any atom is 0.0576 e. The van der Waals surface area contributed by atoms with Crippen LogP contribution in [0.15, 0.2) is 12.3 Å². The van der Waals surface area contributed by atoms with E-state index in [1.807, 2.05) is 0 Å². The highest BCUT2D eigenvalue weighted by atomic mass is 15.2. The summed E-state index contributed by atoms with van der Waals surface area (Å²) < 4.78 is 0. The van der Waals surface area contributed by atoms with Gasteiger partial charge in [-0.15, -0.1) is 0 Å². The molecule has 0 aromatic carbocycles. The zero-order chi connectivity index (χ0) is 11.4. The average molecular weight is 222 g/mol. The van der Waals surface area contributed by atoms with E-state index in [0.29, 0.717) is 0 Å². The molecule has 0 aromatic rings. The van der Waals surface area contributed by atoms with Crippen LogP contribution in [0.3, 0.4) is 0 Å². The van der Waals surface area contributed by atoms with Crippen LogP contribution in [-0.4, -0.2) is 30.6 Å². The Morgan fingerprint density at radius 3 is 2.12 bits per heavy atom. The second kappa shape index (κ2) is 5.22. The Balaban J connectivity index is 2.04. The predicted octanol–water partition coefficient (Wildman–Crippen LogP) is 2.91. The molecule has 1 aliphatic heterocycles. The minimum Gasteiger partial charge on any atom is -0.374 e. The third-order valence-electron chi connectivity index (χ3n) is 4.48. The van der Waals surface area contributed by atoms with E-state index in [1.54, 1.807) is 0 Å². The van der Waals surface area contributed by atoms with Gasteiger partial charge in [0, 0.05) is 18.8 Å². The highest BCUT2D eigenvalue weighted by molar-refractivity contribution is 5.17. The number of nitrogens with one attached hydrogen (secondary N) is 1. The molecule has 1 saturated carbocycles. The number of piperidine rings is 1. The van der Waals surface area contributed by atoms with Crippen molar-refractivity contribution in [2.75, 3.05) is 20.1 Å². The van der Waals surface area contributed by atoms with Crippen molar-refractivity contribution in [2.45, 2.75) is 56.9 Å². The van der Waals surface area contributed by atoms with Gasteiger partial charge in [0.2, 0.25) is 0 Å². The molecule has 1 heterocycles. The standard InChI is InChI=1S/C14H26N2/c1-13(16-11-7-4-8-12-16)14(15-2)9-5-3-6-10-14/h15H,1,3-12H2,2H3. The molecule has 16 heavy (non-hydrogen) atoms. The highest BCUT2D eigenvalue weighted by Crippen LogP contribution is 2.35. The van der Waals surface area contributed by atoms with E-state index in [4.69, 9.17) is 0 Å². The van der Waals surface area contributed by atoms with Gasteiger partial charge in [0.25, 0.3) is 0 Å². The molecule has 0 unspecified atom stereocenters. The van der Waals surface area contributed by atoms with Crippen molar-refractivity contribution >= 4 is 0 Å². The molecule has 92 valence electrons. The van der Waals surface area contributed by atoms with Gasteiger partial charge < -0.3 is 10.2 Å². The Morgan fingerprint density at radius 2 is 1.56 bits per heavy atom. The number of nitrogens with zero attached hydrogens (tertiary/aromatic N) is 1. The molecule has 0 aromatic heterocycles. The van der Waals surface area contributed by atoms with Crippen molar-refractivity contribution < 1.29 is 0 Å². The number of hydrogen-bond acceptors (Lipinski definition) is 2. The topological polar surface area (TPSA) is 15.3 Å². The fourth-order valence-electron chi connectivity index (χ4n) is 3.30. The summed E-state index contributed by atoms with van der Waals surface area (Å²) in [5.41, 5.74) is 1.59. The summed E-state index contributed by atoms with van der Waals surface area (Å²) in [6.45, 7) is 6.86. The van der Waals surface area contributed by atoms with Gasteiger partial charge in [-0.2, -0.15) is 0 Å². The molecule has 2 heteroatoms. The molecule has 0 radical (unpaired) electrons. The van der Waals surface area contributed by atoms with Gasteiger partial charge in [0.1, 0.15) is 0 Å². The molecule has 1 N–H and O–H groups in total. The number of likely N-dealkylation sites (tertiary alicyclic amines) is 1. The summed E-state index contributed by atoms with van der Waals surface area (Å²) in [6.07, 6.45) is 10.8. The smallest absolute Gasteiger partial charge is 0.0576 e. The summed E-state index contributed by atoms with van der Waals surface area (Å²) >= 11 is 0. The van der Waals surface area contributed by atoms with Crippen molar-refractivity contribution in [3.8, 4) is 0 Å². The first kappa shape index (κ1) is 12.0. The van der Waals surface area contributed by atoms with Crippen molar-refractivity contribution in [1.29, 1.82) is 0 Å². The van der Waals surface area contributed by atoms with Gasteiger partial charge in [0.15, 0.2) is 0 Å². The third kappa shape index (κ3) is 2.27.